The maximum absolute atomic E-state index is 12.3. The van der Waals surface area contributed by atoms with Crippen molar-refractivity contribution >= 4 is 10.2 Å². The van der Waals surface area contributed by atoms with Crippen LogP contribution in [0.2, 0.25) is 0 Å². The van der Waals surface area contributed by atoms with Gasteiger partial charge >= 0.3 is 0 Å². The molecule has 0 radical (unpaired) electrons. The summed E-state index contributed by atoms with van der Waals surface area (Å²) in [6.07, 6.45) is 0. The number of nitrogens with one attached hydrogen (secondary N) is 1. The smallest absolute Gasteiger partial charge is 0.279 e. The number of hydrogen-bond donors (Lipinski definition) is 2. The highest BCUT2D eigenvalue weighted by atomic mass is 32.2. The summed E-state index contributed by atoms with van der Waals surface area (Å²) < 4.78 is 38.4. The lowest BCUT2D eigenvalue weighted by Gasteiger charge is -2.23. The zero-order valence-corrected chi connectivity index (χ0v) is 13.9. The SMILES string of the molecule is COCCN(CCOC)S(=O)(=O)NCC(N)c1ccccc1. The van der Waals surface area contributed by atoms with E-state index in [-0.39, 0.29) is 19.6 Å². The Morgan fingerprint density at radius 3 is 2.18 bits per heavy atom. The Hall–Kier alpha value is -1.03. The molecule has 0 saturated heterocycles. The van der Waals surface area contributed by atoms with E-state index in [0.717, 1.165) is 5.56 Å². The summed E-state index contributed by atoms with van der Waals surface area (Å²) in [7, 11) is -0.571. The predicted octanol–water partition coefficient (Wildman–Crippen LogP) is 0.116. The van der Waals surface area contributed by atoms with Gasteiger partial charge in [0.25, 0.3) is 10.2 Å². The molecule has 1 unspecified atom stereocenters. The number of nitrogens with two attached hydrogens (primary N) is 1. The van der Waals surface area contributed by atoms with Gasteiger partial charge in [-0.1, -0.05) is 30.3 Å². The Morgan fingerprint density at radius 1 is 1.14 bits per heavy atom. The Morgan fingerprint density at radius 2 is 1.68 bits per heavy atom. The maximum Gasteiger partial charge on any atom is 0.279 e. The summed E-state index contributed by atoms with van der Waals surface area (Å²) in [6.45, 7) is 1.28. The van der Waals surface area contributed by atoms with Crippen LogP contribution in [0.1, 0.15) is 11.6 Å². The first kappa shape index (κ1) is 19.0. The van der Waals surface area contributed by atoms with Gasteiger partial charge in [-0.25, -0.2) is 4.72 Å². The highest BCUT2D eigenvalue weighted by Crippen LogP contribution is 2.09. The molecule has 0 aromatic heterocycles. The Balaban J connectivity index is 2.62. The minimum atomic E-state index is -3.63. The molecule has 0 bridgehead atoms. The van der Waals surface area contributed by atoms with Gasteiger partial charge in [-0.05, 0) is 5.56 Å². The number of ether oxygens (including phenoxy) is 2. The maximum atomic E-state index is 12.3. The molecule has 0 spiro atoms. The molecule has 1 aromatic rings. The number of hydrogen-bond acceptors (Lipinski definition) is 5. The summed E-state index contributed by atoms with van der Waals surface area (Å²) in [4.78, 5) is 0. The molecular formula is C14H25N3O4S. The van der Waals surface area contributed by atoms with Crippen molar-refractivity contribution in [2.24, 2.45) is 5.73 Å². The van der Waals surface area contributed by atoms with Gasteiger partial charge in [0.05, 0.1) is 13.2 Å². The largest absolute Gasteiger partial charge is 0.383 e. The van der Waals surface area contributed by atoms with Gasteiger partial charge in [0.15, 0.2) is 0 Å². The van der Waals surface area contributed by atoms with E-state index in [0.29, 0.717) is 13.2 Å². The lowest BCUT2D eigenvalue weighted by atomic mass is 10.1. The van der Waals surface area contributed by atoms with Crippen molar-refractivity contribution in [2.75, 3.05) is 47.1 Å². The first-order chi connectivity index (χ1) is 10.5. The third-order valence-electron chi connectivity index (χ3n) is 3.14. The van der Waals surface area contributed by atoms with Crippen LogP contribution in [0.4, 0.5) is 0 Å². The van der Waals surface area contributed by atoms with Crippen LogP contribution in [-0.2, 0) is 19.7 Å². The fourth-order valence-electron chi connectivity index (χ4n) is 1.84. The average Bonchev–Trinajstić information content (AvgIpc) is 2.53. The number of nitrogens with zero attached hydrogens (tertiary/aromatic N) is 1. The van der Waals surface area contributed by atoms with E-state index in [4.69, 9.17) is 15.2 Å². The van der Waals surface area contributed by atoms with Crippen molar-refractivity contribution in [2.45, 2.75) is 6.04 Å². The second-order valence-corrected chi connectivity index (χ2v) is 6.51. The van der Waals surface area contributed by atoms with Crippen LogP contribution in [0, 0.1) is 0 Å². The first-order valence-electron chi connectivity index (χ1n) is 7.04. The zero-order valence-electron chi connectivity index (χ0n) is 13.1. The molecule has 0 aliphatic carbocycles. The molecule has 1 aromatic carbocycles. The van der Waals surface area contributed by atoms with Crippen molar-refractivity contribution < 1.29 is 17.9 Å². The van der Waals surface area contributed by atoms with Crippen LogP contribution in [0.25, 0.3) is 0 Å². The lowest BCUT2D eigenvalue weighted by Crippen LogP contribution is -2.45. The standard InChI is InChI=1S/C14H25N3O4S/c1-20-10-8-17(9-11-21-2)22(18,19)16-12-14(15)13-6-4-3-5-7-13/h3-7,14,16H,8-12,15H2,1-2H3. The topological polar surface area (TPSA) is 93.9 Å². The molecule has 126 valence electrons. The molecule has 22 heavy (non-hydrogen) atoms. The summed E-state index contributed by atoms with van der Waals surface area (Å²) in [5, 5.41) is 0. The third-order valence-corrected chi connectivity index (χ3v) is 4.72. The van der Waals surface area contributed by atoms with E-state index >= 15 is 0 Å². The lowest BCUT2D eigenvalue weighted by molar-refractivity contribution is 0.149. The number of rotatable bonds is 11. The second-order valence-electron chi connectivity index (χ2n) is 4.76. The second kappa shape index (κ2) is 9.88. The van der Waals surface area contributed by atoms with Gasteiger partial charge in [0.1, 0.15) is 0 Å². The van der Waals surface area contributed by atoms with Gasteiger partial charge in [0, 0.05) is 39.9 Å². The van der Waals surface area contributed by atoms with Gasteiger partial charge in [-0.3, -0.25) is 0 Å². The molecule has 8 heteroatoms. The van der Waals surface area contributed by atoms with Crippen molar-refractivity contribution in [3.05, 3.63) is 35.9 Å². The van der Waals surface area contributed by atoms with Gasteiger partial charge in [-0.2, -0.15) is 12.7 Å². The Labute approximate surface area is 132 Å². The molecule has 7 nitrogen and oxygen atoms in total. The van der Waals surface area contributed by atoms with E-state index in [9.17, 15) is 8.42 Å². The molecule has 1 rings (SSSR count). The molecule has 0 amide bonds. The average molecular weight is 331 g/mol. The van der Waals surface area contributed by atoms with E-state index < -0.39 is 16.3 Å². The highest BCUT2D eigenvalue weighted by molar-refractivity contribution is 7.87. The van der Waals surface area contributed by atoms with Crippen molar-refractivity contribution in [3.63, 3.8) is 0 Å². The fourth-order valence-corrected chi connectivity index (χ4v) is 3.05. The minimum absolute atomic E-state index is 0.128. The van der Waals surface area contributed by atoms with Crippen molar-refractivity contribution in [1.29, 1.82) is 0 Å². The van der Waals surface area contributed by atoms with E-state index in [1.165, 1.54) is 18.5 Å². The monoisotopic (exact) mass is 331 g/mol. The van der Waals surface area contributed by atoms with Crippen molar-refractivity contribution in [3.8, 4) is 0 Å². The van der Waals surface area contributed by atoms with Crippen LogP contribution in [0.5, 0.6) is 0 Å². The van der Waals surface area contributed by atoms with Crippen LogP contribution in [0.3, 0.4) is 0 Å². The molecule has 0 heterocycles. The highest BCUT2D eigenvalue weighted by Gasteiger charge is 2.22. The van der Waals surface area contributed by atoms with Crippen molar-refractivity contribution in [1.82, 2.24) is 9.03 Å². The Kier molecular flexibility index (Phi) is 8.54. The van der Waals surface area contributed by atoms with Crippen LogP contribution < -0.4 is 10.5 Å². The molecule has 0 fully saturated rings. The third kappa shape index (κ3) is 6.39. The van der Waals surface area contributed by atoms with E-state index in [1.807, 2.05) is 30.3 Å². The first-order valence-corrected chi connectivity index (χ1v) is 8.48. The van der Waals surface area contributed by atoms with Gasteiger partial charge in [-0.15, -0.1) is 0 Å². The minimum Gasteiger partial charge on any atom is -0.383 e. The quantitative estimate of drug-likeness (QED) is 0.600. The van der Waals surface area contributed by atoms with Crippen LogP contribution in [0.15, 0.2) is 30.3 Å². The zero-order chi connectivity index (χ0) is 16.4. The summed E-state index contributed by atoms with van der Waals surface area (Å²) >= 11 is 0. The van der Waals surface area contributed by atoms with E-state index in [2.05, 4.69) is 4.72 Å². The molecule has 0 saturated carbocycles. The Bertz CT molecular complexity index is 502. The predicted molar refractivity (Wildman–Crippen MR) is 85.6 cm³/mol. The molecular weight excluding hydrogens is 306 g/mol. The number of methoxy groups -OCH3 is 2. The molecule has 0 aliphatic rings. The van der Waals surface area contributed by atoms with Crippen LogP contribution >= 0.6 is 0 Å². The molecule has 3 N–H and O–H groups in total. The van der Waals surface area contributed by atoms with Crippen LogP contribution in [-0.4, -0.2) is 59.8 Å². The molecule has 0 aliphatic heterocycles. The number of benzene rings is 1. The summed E-state index contributed by atoms with van der Waals surface area (Å²) in [6, 6.07) is 8.96. The van der Waals surface area contributed by atoms with Gasteiger partial charge in [0.2, 0.25) is 0 Å². The summed E-state index contributed by atoms with van der Waals surface area (Å²) in [5.41, 5.74) is 6.89. The van der Waals surface area contributed by atoms with Gasteiger partial charge < -0.3 is 15.2 Å². The normalized spacial score (nSPS) is 13.5. The summed E-state index contributed by atoms with van der Waals surface area (Å²) in [5.74, 6) is 0. The van der Waals surface area contributed by atoms with E-state index in [1.54, 1.807) is 0 Å². The fraction of sp³-hybridized carbons (Fsp3) is 0.571. The molecule has 1 atom stereocenters.